The van der Waals surface area contributed by atoms with Crippen molar-refractivity contribution >= 4 is 23.2 Å². The predicted octanol–water partition coefficient (Wildman–Crippen LogP) is 1.17. The van der Waals surface area contributed by atoms with Crippen LogP contribution in [0.25, 0.3) is 0 Å². The Morgan fingerprint density at radius 2 is 2.00 bits per heavy atom. The third-order valence-corrected chi connectivity index (χ3v) is 3.14. The molecule has 2 rings (SSSR count). The number of para-hydroxylation sites is 1. The molecule has 6 heteroatoms. The van der Waals surface area contributed by atoms with Crippen molar-refractivity contribution in [2.75, 3.05) is 30.3 Å². The normalized spacial score (nSPS) is 12.9. The van der Waals surface area contributed by atoms with Gasteiger partial charge in [0.05, 0.1) is 16.9 Å². The van der Waals surface area contributed by atoms with Gasteiger partial charge in [-0.2, -0.15) is 0 Å². The average Bonchev–Trinajstić information content (AvgIpc) is 2.45. The van der Waals surface area contributed by atoms with Crippen molar-refractivity contribution in [3.8, 4) is 0 Å². The molecule has 6 nitrogen and oxygen atoms in total. The molecule has 21 heavy (non-hydrogen) atoms. The molecule has 0 radical (unpaired) electrons. The smallest absolute Gasteiger partial charge is 0.253 e. The van der Waals surface area contributed by atoms with E-state index in [1.54, 1.807) is 6.07 Å². The lowest BCUT2D eigenvalue weighted by atomic mass is 10.1. The zero-order chi connectivity index (χ0) is 15.2. The van der Waals surface area contributed by atoms with Crippen molar-refractivity contribution in [1.82, 2.24) is 10.6 Å². The molecule has 1 aliphatic heterocycles. The molecule has 0 fully saturated rings. The second-order valence-electron chi connectivity index (χ2n) is 5.31. The van der Waals surface area contributed by atoms with Gasteiger partial charge in [-0.05, 0) is 26.0 Å². The van der Waals surface area contributed by atoms with Gasteiger partial charge < -0.3 is 21.3 Å². The molecule has 0 aliphatic carbocycles. The maximum Gasteiger partial charge on any atom is 0.253 e. The lowest BCUT2D eigenvalue weighted by Gasteiger charge is -2.22. The molecule has 0 spiro atoms. The second-order valence-corrected chi connectivity index (χ2v) is 5.31. The van der Waals surface area contributed by atoms with E-state index >= 15 is 0 Å². The predicted molar refractivity (Wildman–Crippen MR) is 83.7 cm³/mol. The number of carbonyl (C=O) groups is 2. The molecule has 0 saturated carbocycles. The first-order valence-electron chi connectivity index (χ1n) is 7.26. The molecule has 0 unspecified atom stereocenters. The van der Waals surface area contributed by atoms with Gasteiger partial charge in [-0.15, -0.1) is 0 Å². The largest absolute Gasteiger partial charge is 0.382 e. The molecule has 0 atom stereocenters. The summed E-state index contributed by atoms with van der Waals surface area (Å²) in [5.41, 5.74) is 2.36. The Hall–Kier alpha value is -2.24. The summed E-state index contributed by atoms with van der Waals surface area (Å²) < 4.78 is 0. The Kier molecular flexibility index (Phi) is 5.03. The number of carbonyl (C=O) groups excluding carboxylic acids is 2. The van der Waals surface area contributed by atoms with Crippen molar-refractivity contribution in [3.63, 3.8) is 0 Å². The van der Waals surface area contributed by atoms with Gasteiger partial charge in [-0.1, -0.05) is 6.07 Å². The topological polar surface area (TPSA) is 82.3 Å². The van der Waals surface area contributed by atoms with Crippen LogP contribution in [0.2, 0.25) is 0 Å². The Labute approximate surface area is 124 Å². The molecule has 1 heterocycles. The van der Waals surface area contributed by atoms with Crippen molar-refractivity contribution < 1.29 is 9.59 Å². The monoisotopic (exact) mass is 290 g/mol. The van der Waals surface area contributed by atoms with Crippen LogP contribution in [0.3, 0.4) is 0 Å². The van der Waals surface area contributed by atoms with E-state index in [4.69, 9.17) is 0 Å². The molecule has 1 aliphatic rings. The first kappa shape index (κ1) is 15.2. The summed E-state index contributed by atoms with van der Waals surface area (Å²) in [5, 5.41) is 12.1. The number of rotatable bonds is 5. The number of nitrogens with one attached hydrogen (secondary N) is 4. The molecule has 0 saturated heterocycles. The van der Waals surface area contributed by atoms with Crippen LogP contribution in [-0.4, -0.2) is 37.5 Å². The molecular weight excluding hydrogens is 268 g/mol. The van der Waals surface area contributed by atoms with Gasteiger partial charge in [-0.3, -0.25) is 9.59 Å². The van der Waals surface area contributed by atoms with Crippen LogP contribution < -0.4 is 21.3 Å². The standard InChI is InChI=1S/C15H22N4O2/c1-10(2)19-13(20)6-7-18-15(21)11-4-3-5-12-14(11)17-9-8-16-12/h3-5,10,16-17H,6-9H2,1-2H3,(H,18,21)(H,19,20). The van der Waals surface area contributed by atoms with Crippen molar-refractivity contribution in [2.24, 2.45) is 0 Å². The van der Waals surface area contributed by atoms with Crippen LogP contribution in [0.5, 0.6) is 0 Å². The third kappa shape index (κ3) is 4.11. The van der Waals surface area contributed by atoms with Crippen LogP contribution in [0.15, 0.2) is 18.2 Å². The van der Waals surface area contributed by atoms with E-state index in [1.807, 2.05) is 26.0 Å². The summed E-state index contributed by atoms with van der Waals surface area (Å²) in [7, 11) is 0. The van der Waals surface area contributed by atoms with Gasteiger partial charge >= 0.3 is 0 Å². The molecule has 114 valence electrons. The minimum atomic E-state index is -0.166. The van der Waals surface area contributed by atoms with Gasteiger partial charge in [0.2, 0.25) is 5.91 Å². The van der Waals surface area contributed by atoms with E-state index in [9.17, 15) is 9.59 Å². The molecule has 0 aromatic heterocycles. The van der Waals surface area contributed by atoms with E-state index in [0.717, 1.165) is 24.5 Å². The maximum atomic E-state index is 12.2. The van der Waals surface area contributed by atoms with E-state index in [1.165, 1.54) is 0 Å². The summed E-state index contributed by atoms with van der Waals surface area (Å²) in [6, 6.07) is 5.68. The molecule has 1 aromatic rings. The average molecular weight is 290 g/mol. The summed E-state index contributed by atoms with van der Waals surface area (Å²) in [6.45, 7) is 5.77. The number of hydrogen-bond acceptors (Lipinski definition) is 4. The Morgan fingerprint density at radius 1 is 1.24 bits per heavy atom. The van der Waals surface area contributed by atoms with Crippen molar-refractivity contribution in [3.05, 3.63) is 23.8 Å². The highest BCUT2D eigenvalue weighted by molar-refractivity contribution is 6.02. The zero-order valence-electron chi connectivity index (χ0n) is 12.5. The lowest BCUT2D eigenvalue weighted by molar-refractivity contribution is -0.121. The molecule has 4 N–H and O–H groups in total. The number of amides is 2. The quantitative estimate of drug-likeness (QED) is 0.656. The number of anilines is 2. The van der Waals surface area contributed by atoms with E-state index in [2.05, 4.69) is 21.3 Å². The van der Waals surface area contributed by atoms with Crippen molar-refractivity contribution in [1.29, 1.82) is 0 Å². The van der Waals surface area contributed by atoms with Crippen LogP contribution >= 0.6 is 0 Å². The Bertz CT molecular complexity index is 528. The maximum absolute atomic E-state index is 12.2. The van der Waals surface area contributed by atoms with Crippen LogP contribution in [-0.2, 0) is 4.79 Å². The number of hydrogen-bond donors (Lipinski definition) is 4. The number of fused-ring (bicyclic) bond motifs is 1. The zero-order valence-corrected chi connectivity index (χ0v) is 12.5. The highest BCUT2D eigenvalue weighted by Gasteiger charge is 2.17. The fraction of sp³-hybridized carbons (Fsp3) is 0.467. The summed E-state index contributed by atoms with van der Waals surface area (Å²) >= 11 is 0. The van der Waals surface area contributed by atoms with Crippen LogP contribution in [0.1, 0.15) is 30.6 Å². The summed E-state index contributed by atoms with van der Waals surface area (Å²) in [4.78, 5) is 23.7. The minimum Gasteiger partial charge on any atom is -0.382 e. The lowest BCUT2D eigenvalue weighted by Crippen LogP contribution is -2.34. The fourth-order valence-corrected chi connectivity index (χ4v) is 2.24. The highest BCUT2D eigenvalue weighted by atomic mass is 16.2. The second kappa shape index (κ2) is 6.97. The van der Waals surface area contributed by atoms with Crippen LogP contribution in [0, 0.1) is 0 Å². The third-order valence-electron chi connectivity index (χ3n) is 3.14. The van der Waals surface area contributed by atoms with Gasteiger partial charge in [0.15, 0.2) is 0 Å². The first-order chi connectivity index (χ1) is 10.1. The Morgan fingerprint density at radius 3 is 2.76 bits per heavy atom. The van der Waals surface area contributed by atoms with E-state index < -0.39 is 0 Å². The fourth-order valence-electron chi connectivity index (χ4n) is 2.24. The van der Waals surface area contributed by atoms with E-state index in [0.29, 0.717) is 12.1 Å². The first-order valence-corrected chi connectivity index (χ1v) is 7.26. The van der Waals surface area contributed by atoms with Gasteiger partial charge in [0, 0.05) is 32.1 Å². The number of benzene rings is 1. The highest BCUT2D eigenvalue weighted by Crippen LogP contribution is 2.28. The molecule has 2 amide bonds. The van der Waals surface area contributed by atoms with Crippen LogP contribution in [0.4, 0.5) is 11.4 Å². The summed E-state index contributed by atoms with van der Waals surface area (Å²) in [5.74, 6) is -0.222. The molecule has 0 bridgehead atoms. The molecule has 1 aromatic carbocycles. The van der Waals surface area contributed by atoms with Gasteiger partial charge in [0.25, 0.3) is 5.91 Å². The Balaban J connectivity index is 1.91. The minimum absolute atomic E-state index is 0.0554. The van der Waals surface area contributed by atoms with Gasteiger partial charge in [0.1, 0.15) is 0 Å². The van der Waals surface area contributed by atoms with Crippen molar-refractivity contribution in [2.45, 2.75) is 26.3 Å². The SMILES string of the molecule is CC(C)NC(=O)CCNC(=O)c1cccc2c1NCCN2. The molecular formula is C15H22N4O2. The summed E-state index contributed by atoms with van der Waals surface area (Å²) in [6.07, 6.45) is 0.282. The van der Waals surface area contributed by atoms with E-state index in [-0.39, 0.29) is 24.3 Å². The van der Waals surface area contributed by atoms with Gasteiger partial charge in [-0.25, -0.2) is 0 Å².